The van der Waals surface area contributed by atoms with Crippen LogP contribution in [-0.4, -0.2) is 47.4 Å². The van der Waals surface area contributed by atoms with Crippen molar-refractivity contribution in [2.24, 2.45) is 0 Å². The van der Waals surface area contributed by atoms with Crippen molar-refractivity contribution in [2.45, 2.75) is 386 Å². The van der Waals surface area contributed by atoms with Gasteiger partial charge < -0.3 is 20.3 Å². The topological polar surface area (TPSA) is 95.9 Å². The van der Waals surface area contributed by atoms with E-state index in [0.717, 1.165) is 51.4 Å². The molecule has 0 radical (unpaired) electrons. The summed E-state index contributed by atoms with van der Waals surface area (Å²) in [7, 11) is 0. The van der Waals surface area contributed by atoms with Crippen molar-refractivity contribution < 1.29 is 24.5 Å². The lowest BCUT2D eigenvalue weighted by Crippen LogP contribution is -2.45. The number of carbonyl (C=O) groups is 2. The number of aliphatic hydroxyl groups is 2. The van der Waals surface area contributed by atoms with E-state index in [2.05, 4.69) is 55.6 Å². The predicted octanol–water partition coefficient (Wildman–Crippen LogP) is 21.9. The van der Waals surface area contributed by atoms with Crippen LogP contribution >= 0.6 is 0 Å². The van der Waals surface area contributed by atoms with Crippen molar-refractivity contribution in [2.75, 3.05) is 13.2 Å². The molecule has 0 spiro atoms. The third-order valence-corrected chi connectivity index (χ3v) is 15.9. The van der Waals surface area contributed by atoms with Gasteiger partial charge in [-0.25, -0.2) is 0 Å². The van der Waals surface area contributed by atoms with E-state index in [0.29, 0.717) is 25.9 Å². The Morgan fingerprint density at radius 2 is 0.658 bits per heavy atom. The van der Waals surface area contributed by atoms with Gasteiger partial charge in [-0.05, 0) is 83.5 Å². The minimum atomic E-state index is -0.663. The number of rotatable bonds is 64. The number of hydrogen-bond donors (Lipinski definition) is 3. The molecule has 6 nitrogen and oxygen atoms in total. The van der Waals surface area contributed by atoms with Crippen LogP contribution in [0.15, 0.2) is 36.5 Å². The van der Waals surface area contributed by atoms with Crippen LogP contribution in [-0.2, 0) is 14.3 Å². The second-order valence-corrected chi connectivity index (χ2v) is 23.5. The Balaban J connectivity index is 3.36. The van der Waals surface area contributed by atoms with E-state index in [9.17, 15) is 19.8 Å². The molecule has 1 amide bonds. The number of esters is 1. The van der Waals surface area contributed by atoms with Gasteiger partial charge in [-0.15, -0.1) is 0 Å². The van der Waals surface area contributed by atoms with Gasteiger partial charge in [0.2, 0.25) is 5.91 Å². The molecule has 76 heavy (non-hydrogen) atoms. The standard InChI is InChI=1S/C70H133NO5/c1-3-5-7-9-11-13-15-17-18-19-33-36-40-44-48-52-56-60-64-70(75)76-65-61-57-53-49-45-41-37-34-31-29-27-25-23-21-20-22-24-26-28-30-32-35-39-43-47-51-55-59-63-69(74)71-67(66-72)68(73)62-58-54-50-46-42-38-16-14-12-10-8-6-4-2/h13,15,18-21,67-68,72-73H,3-12,14,16-17,22-66H2,1-2H3,(H,71,74)/b15-13-,19-18-,21-20-. The van der Waals surface area contributed by atoms with Gasteiger partial charge in [0.1, 0.15) is 0 Å². The van der Waals surface area contributed by atoms with Crippen molar-refractivity contribution in [3.63, 3.8) is 0 Å². The summed E-state index contributed by atoms with van der Waals surface area (Å²) >= 11 is 0. The number of carbonyl (C=O) groups excluding carboxylic acids is 2. The van der Waals surface area contributed by atoms with Crippen LogP contribution in [0.5, 0.6) is 0 Å². The van der Waals surface area contributed by atoms with E-state index in [1.165, 1.54) is 289 Å². The smallest absolute Gasteiger partial charge is 0.305 e. The van der Waals surface area contributed by atoms with Crippen LogP contribution in [0.4, 0.5) is 0 Å². The molecule has 3 N–H and O–H groups in total. The number of amides is 1. The first-order chi connectivity index (χ1) is 37.5. The number of ether oxygens (including phenoxy) is 1. The highest BCUT2D eigenvalue weighted by molar-refractivity contribution is 5.76. The molecule has 0 aliphatic carbocycles. The number of hydrogen-bond acceptors (Lipinski definition) is 5. The molecule has 0 fully saturated rings. The Morgan fingerprint density at radius 1 is 0.368 bits per heavy atom. The first-order valence-electron chi connectivity index (χ1n) is 34.2. The molecule has 0 aromatic carbocycles. The quantitative estimate of drug-likeness (QED) is 0.0320. The Kier molecular flexibility index (Phi) is 63.9. The van der Waals surface area contributed by atoms with Gasteiger partial charge in [-0.2, -0.15) is 0 Å². The zero-order chi connectivity index (χ0) is 55.0. The minimum Gasteiger partial charge on any atom is -0.466 e. The summed E-state index contributed by atoms with van der Waals surface area (Å²) in [5, 5.41) is 23.3. The summed E-state index contributed by atoms with van der Waals surface area (Å²) in [6, 6.07) is -0.541. The fourth-order valence-electron chi connectivity index (χ4n) is 10.7. The van der Waals surface area contributed by atoms with Crippen LogP contribution in [0.1, 0.15) is 373 Å². The molecule has 6 heteroatoms. The average Bonchev–Trinajstić information content (AvgIpc) is 3.42. The maximum Gasteiger partial charge on any atom is 0.305 e. The molecule has 0 aromatic rings. The lowest BCUT2D eigenvalue weighted by Gasteiger charge is -2.22. The van der Waals surface area contributed by atoms with Gasteiger partial charge >= 0.3 is 5.97 Å². The Morgan fingerprint density at radius 3 is 1.03 bits per heavy atom. The molecular formula is C70H133NO5. The largest absolute Gasteiger partial charge is 0.466 e. The molecule has 0 saturated heterocycles. The van der Waals surface area contributed by atoms with Crippen molar-refractivity contribution >= 4 is 11.9 Å². The third kappa shape index (κ3) is 61.3. The van der Waals surface area contributed by atoms with Crippen molar-refractivity contribution in [1.29, 1.82) is 0 Å². The first-order valence-corrected chi connectivity index (χ1v) is 34.2. The fraction of sp³-hybridized carbons (Fsp3) is 0.886. The van der Waals surface area contributed by atoms with Gasteiger partial charge in [0, 0.05) is 12.8 Å². The normalized spacial score (nSPS) is 12.7. The Hall–Kier alpha value is -1.92. The van der Waals surface area contributed by atoms with Crippen LogP contribution < -0.4 is 5.32 Å². The van der Waals surface area contributed by atoms with Gasteiger partial charge in [0.15, 0.2) is 0 Å². The van der Waals surface area contributed by atoms with Gasteiger partial charge in [-0.1, -0.05) is 314 Å². The van der Waals surface area contributed by atoms with Gasteiger partial charge in [-0.3, -0.25) is 9.59 Å². The van der Waals surface area contributed by atoms with E-state index in [1.54, 1.807) is 0 Å². The molecule has 0 saturated carbocycles. The summed E-state index contributed by atoms with van der Waals surface area (Å²) in [4.78, 5) is 24.6. The maximum absolute atomic E-state index is 12.5. The van der Waals surface area contributed by atoms with Crippen molar-refractivity contribution in [3.05, 3.63) is 36.5 Å². The van der Waals surface area contributed by atoms with E-state index >= 15 is 0 Å². The van der Waals surface area contributed by atoms with Crippen LogP contribution in [0.2, 0.25) is 0 Å². The highest BCUT2D eigenvalue weighted by atomic mass is 16.5. The maximum atomic E-state index is 12.5. The van der Waals surface area contributed by atoms with Crippen LogP contribution in [0.3, 0.4) is 0 Å². The monoisotopic (exact) mass is 1070 g/mol. The highest BCUT2D eigenvalue weighted by Gasteiger charge is 2.20. The summed E-state index contributed by atoms with van der Waals surface area (Å²) in [5.41, 5.74) is 0. The van der Waals surface area contributed by atoms with Crippen LogP contribution in [0.25, 0.3) is 0 Å². The predicted molar refractivity (Wildman–Crippen MR) is 333 cm³/mol. The highest BCUT2D eigenvalue weighted by Crippen LogP contribution is 2.18. The average molecular weight is 1070 g/mol. The zero-order valence-electron chi connectivity index (χ0n) is 51.3. The van der Waals surface area contributed by atoms with E-state index < -0.39 is 12.1 Å². The van der Waals surface area contributed by atoms with Gasteiger partial charge in [0.05, 0.1) is 25.4 Å². The summed E-state index contributed by atoms with van der Waals surface area (Å²) in [6.45, 7) is 4.95. The molecule has 0 heterocycles. The van der Waals surface area contributed by atoms with Crippen molar-refractivity contribution in [1.82, 2.24) is 5.32 Å². The molecule has 0 rings (SSSR count). The van der Waals surface area contributed by atoms with Crippen molar-refractivity contribution in [3.8, 4) is 0 Å². The van der Waals surface area contributed by atoms with E-state index in [4.69, 9.17) is 4.74 Å². The molecule has 0 aliphatic heterocycles. The number of unbranched alkanes of at least 4 members (excludes halogenated alkanes) is 47. The number of aliphatic hydroxyl groups excluding tert-OH is 2. The lowest BCUT2D eigenvalue weighted by molar-refractivity contribution is -0.143. The summed E-state index contributed by atoms with van der Waals surface area (Å²) in [5.74, 6) is -0.0248. The minimum absolute atomic E-state index is 0.00878. The SMILES string of the molecule is CCCCCC/C=C\C/C=C\CCCCCCCCCC(=O)OCCCCCCCCCCCCCC/C=C\CCCCCCCCCCCCCCC(=O)NC(CO)C(O)CCCCCCCCCCCCCCC. The zero-order valence-corrected chi connectivity index (χ0v) is 51.3. The molecule has 0 aromatic heterocycles. The number of allylic oxidation sites excluding steroid dienone is 6. The molecule has 2 atom stereocenters. The van der Waals surface area contributed by atoms with Gasteiger partial charge in [0.25, 0.3) is 0 Å². The van der Waals surface area contributed by atoms with Crippen LogP contribution in [0, 0.1) is 0 Å². The second-order valence-electron chi connectivity index (χ2n) is 23.5. The fourth-order valence-corrected chi connectivity index (χ4v) is 10.7. The van der Waals surface area contributed by atoms with E-state index in [-0.39, 0.29) is 18.5 Å². The number of nitrogens with one attached hydrogen (secondary N) is 1. The Bertz CT molecular complexity index is 1230. The molecule has 448 valence electrons. The summed E-state index contributed by atoms with van der Waals surface area (Å²) < 4.78 is 5.50. The third-order valence-electron chi connectivity index (χ3n) is 15.9. The van der Waals surface area contributed by atoms with E-state index in [1.807, 2.05) is 0 Å². The second kappa shape index (κ2) is 65.6. The summed E-state index contributed by atoms with van der Waals surface area (Å²) in [6.07, 6.45) is 83.3. The molecule has 0 bridgehead atoms. The molecule has 0 aliphatic rings. The first kappa shape index (κ1) is 74.1. The lowest BCUT2D eigenvalue weighted by atomic mass is 10.0. The molecule has 2 unspecified atom stereocenters. The molecular weight excluding hydrogens is 935 g/mol. The Labute approximate surface area is 474 Å².